The molecule has 0 heterocycles. The Morgan fingerprint density at radius 1 is 1.00 bits per heavy atom. The average molecular weight is 328 g/mol. The Balaban J connectivity index is 1.79. The molecule has 0 radical (unpaired) electrons. The molecule has 0 N–H and O–H groups in total. The summed E-state index contributed by atoms with van der Waals surface area (Å²) < 4.78 is 0. The molecule has 4 rings (SSSR count). The van der Waals surface area contributed by atoms with Crippen LogP contribution in [-0.4, -0.2) is 17.3 Å². The number of hydrogen-bond acceptors (Lipinski definition) is 3. The summed E-state index contributed by atoms with van der Waals surface area (Å²) in [6.07, 6.45) is 4.84. The Labute approximate surface area is 144 Å². The zero-order chi connectivity index (χ0) is 17.4. The second-order valence-corrected chi connectivity index (χ2v) is 9.30. The van der Waals surface area contributed by atoms with E-state index < -0.39 is 0 Å². The van der Waals surface area contributed by atoms with Crippen molar-refractivity contribution < 1.29 is 14.4 Å². The Morgan fingerprint density at radius 3 is 2.42 bits per heavy atom. The van der Waals surface area contributed by atoms with Gasteiger partial charge in [-0.05, 0) is 54.8 Å². The summed E-state index contributed by atoms with van der Waals surface area (Å²) in [5, 5.41) is 0. The highest BCUT2D eigenvalue weighted by molar-refractivity contribution is 6.39. The zero-order valence-corrected chi connectivity index (χ0v) is 15.1. The topological polar surface area (TPSA) is 51.2 Å². The molecule has 4 saturated carbocycles. The van der Waals surface area contributed by atoms with E-state index in [2.05, 4.69) is 27.4 Å². The van der Waals surface area contributed by atoms with Gasteiger partial charge in [0.05, 0.1) is 5.92 Å². The smallest absolute Gasteiger partial charge is 0.206 e. The number of hydrogen-bond donors (Lipinski definition) is 0. The van der Waals surface area contributed by atoms with Crippen LogP contribution in [0, 0.1) is 40.4 Å². The number of ketones is 3. The van der Waals surface area contributed by atoms with Crippen LogP contribution in [-0.2, 0) is 14.4 Å². The van der Waals surface area contributed by atoms with E-state index in [1.165, 1.54) is 0 Å². The summed E-state index contributed by atoms with van der Waals surface area (Å²) >= 11 is 0. The van der Waals surface area contributed by atoms with Gasteiger partial charge in [-0.2, -0.15) is 0 Å². The number of carbonyl (C=O) groups excluding carboxylic acids is 3. The summed E-state index contributed by atoms with van der Waals surface area (Å²) in [5.74, 6) is 1.24. The van der Waals surface area contributed by atoms with E-state index in [4.69, 9.17) is 0 Å². The van der Waals surface area contributed by atoms with Crippen LogP contribution in [0.1, 0.15) is 59.3 Å². The fourth-order valence-corrected chi connectivity index (χ4v) is 7.05. The zero-order valence-electron chi connectivity index (χ0n) is 15.1. The lowest BCUT2D eigenvalue weighted by molar-refractivity contribution is -0.156. The Kier molecular flexibility index (Phi) is 3.31. The highest BCUT2D eigenvalue weighted by Crippen LogP contribution is 2.67. The Morgan fingerprint density at radius 2 is 1.71 bits per heavy atom. The molecule has 3 heteroatoms. The van der Waals surface area contributed by atoms with E-state index in [9.17, 15) is 14.4 Å². The molecule has 0 bridgehead atoms. The number of Topliss-reactive ketones (excluding diaryl/α,β-unsaturated/α-hetero) is 3. The molecule has 7 atom stereocenters. The van der Waals surface area contributed by atoms with Gasteiger partial charge in [-0.1, -0.05) is 32.9 Å². The molecule has 0 aliphatic heterocycles. The summed E-state index contributed by atoms with van der Waals surface area (Å²) in [4.78, 5) is 37.2. The third-order valence-electron chi connectivity index (χ3n) is 8.51. The second-order valence-electron chi connectivity index (χ2n) is 9.30. The van der Waals surface area contributed by atoms with Crippen LogP contribution in [0.4, 0.5) is 0 Å². The van der Waals surface area contributed by atoms with Gasteiger partial charge in [0.25, 0.3) is 0 Å². The minimum Gasteiger partial charge on any atom is -0.299 e. The van der Waals surface area contributed by atoms with Gasteiger partial charge in [0, 0.05) is 18.3 Å². The molecule has 0 aromatic heterocycles. The van der Waals surface area contributed by atoms with Gasteiger partial charge in [0.1, 0.15) is 5.78 Å². The Bertz CT molecular complexity index is 662. The van der Waals surface area contributed by atoms with Crippen LogP contribution in [0.3, 0.4) is 0 Å². The quantitative estimate of drug-likeness (QED) is 0.502. The van der Waals surface area contributed by atoms with E-state index in [1.807, 2.05) is 0 Å². The largest absolute Gasteiger partial charge is 0.299 e. The van der Waals surface area contributed by atoms with E-state index >= 15 is 0 Å². The number of fused-ring (bicyclic) bond motifs is 5. The molecule has 2 unspecified atom stereocenters. The van der Waals surface area contributed by atoms with Crippen LogP contribution >= 0.6 is 0 Å². The van der Waals surface area contributed by atoms with E-state index in [-0.39, 0.29) is 34.2 Å². The third-order valence-corrected chi connectivity index (χ3v) is 8.51. The van der Waals surface area contributed by atoms with Gasteiger partial charge in [-0.15, -0.1) is 0 Å². The van der Waals surface area contributed by atoms with Crippen molar-refractivity contribution in [2.45, 2.75) is 59.3 Å². The number of carbonyl (C=O) groups is 3. The monoisotopic (exact) mass is 328 g/mol. The first-order valence-electron chi connectivity index (χ1n) is 9.51. The molecule has 24 heavy (non-hydrogen) atoms. The lowest BCUT2D eigenvalue weighted by Crippen LogP contribution is -2.59. The predicted octanol–water partition coefficient (Wildman–Crippen LogP) is 3.76. The molecule has 3 nitrogen and oxygen atoms in total. The predicted molar refractivity (Wildman–Crippen MR) is 91.2 cm³/mol. The number of rotatable bonds is 0. The van der Waals surface area contributed by atoms with Gasteiger partial charge in [0.2, 0.25) is 5.78 Å². The maximum absolute atomic E-state index is 12.7. The van der Waals surface area contributed by atoms with Crippen molar-refractivity contribution in [2.24, 2.45) is 40.4 Å². The SMILES string of the molecule is C=C1C(C)[C@@H]2[C@@H](CC[C@]3(C)C(=O)CC[C@@H]23)[C@@]2(C)CCC(=O)C(=O)C12. The maximum atomic E-state index is 12.7. The van der Waals surface area contributed by atoms with Crippen LogP contribution in [0.2, 0.25) is 0 Å². The van der Waals surface area contributed by atoms with Crippen LogP contribution in [0.15, 0.2) is 12.2 Å². The standard InChI is InChI=1S/C21H28O3/c1-11-12(2)18-19(24)15(22)8-10-21(18,4)14-7-9-20(3)13(17(11)14)5-6-16(20)23/h11,13-14,17-18H,2,5-10H2,1,3-4H3/t11?,13-,14+,17-,18?,20-,21+/m0/s1. The van der Waals surface area contributed by atoms with E-state index in [0.717, 1.165) is 31.3 Å². The molecule has 130 valence electrons. The van der Waals surface area contributed by atoms with Crippen LogP contribution in [0.5, 0.6) is 0 Å². The van der Waals surface area contributed by atoms with Crippen molar-refractivity contribution in [2.75, 3.05) is 0 Å². The van der Waals surface area contributed by atoms with E-state index in [0.29, 0.717) is 36.4 Å². The summed E-state index contributed by atoms with van der Waals surface area (Å²) in [6.45, 7) is 10.9. The van der Waals surface area contributed by atoms with E-state index in [1.54, 1.807) is 0 Å². The van der Waals surface area contributed by atoms with Gasteiger partial charge < -0.3 is 0 Å². The molecule has 0 amide bonds. The van der Waals surface area contributed by atoms with Crippen molar-refractivity contribution in [3.05, 3.63) is 12.2 Å². The molecule has 4 aliphatic rings. The fourth-order valence-electron chi connectivity index (χ4n) is 7.05. The lowest BCUT2D eigenvalue weighted by atomic mass is 9.42. The first-order valence-corrected chi connectivity index (χ1v) is 9.51. The maximum Gasteiger partial charge on any atom is 0.206 e. The molecule has 0 saturated heterocycles. The van der Waals surface area contributed by atoms with Gasteiger partial charge in [0.15, 0.2) is 5.78 Å². The summed E-state index contributed by atoms with van der Waals surface area (Å²) in [6, 6.07) is 0. The molecule has 4 fully saturated rings. The van der Waals surface area contributed by atoms with Crippen molar-refractivity contribution in [1.82, 2.24) is 0 Å². The van der Waals surface area contributed by atoms with Gasteiger partial charge in [-0.3, -0.25) is 14.4 Å². The molecule has 0 aromatic rings. The van der Waals surface area contributed by atoms with Crippen LogP contribution in [0.25, 0.3) is 0 Å². The Hall–Kier alpha value is -1.25. The molecular formula is C21H28O3. The summed E-state index contributed by atoms with van der Waals surface area (Å²) in [7, 11) is 0. The minimum absolute atomic E-state index is 0.147. The number of allylic oxidation sites excluding steroid dienone is 1. The first-order chi connectivity index (χ1) is 11.2. The lowest BCUT2D eigenvalue weighted by Gasteiger charge is -2.61. The first kappa shape index (κ1) is 16.2. The normalized spacial score (nSPS) is 51.2. The molecule has 0 aromatic carbocycles. The molecule has 4 aliphatic carbocycles. The van der Waals surface area contributed by atoms with Crippen molar-refractivity contribution in [3.63, 3.8) is 0 Å². The highest BCUT2D eigenvalue weighted by atomic mass is 16.2. The van der Waals surface area contributed by atoms with Gasteiger partial charge >= 0.3 is 0 Å². The fraction of sp³-hybridized carbons (Fsp3) is 0.762. The summed E-state index contributed by atoms with van der Waals surface area (Å²) in [5.41, 5.74) is 0.639. The third kappa shape index (κ3) is 1.76. The van der Waals surface area contributed by atoms with Crippen LogP contribution < -0.4 is 0 Å². The average Bonchev–Trinajstić information content (AvgIpc) is 2.84. The minimum atomic E-state index is -0.295. The van der Waals surface area contributed by atoms with Crippen molar-refractivity contribution in [1.29, 1.82) is 0 Å². The highest BCUT2D eigenvalue weighted by Gasteiger charge is 2.64. The second kappa shape index (κ2) is 4.89. The molecular weight excluding hydrogens is 300 g/mol. The van der Waals surface area contributed by atoms with Gasteiger partial charge in [-0.25, -0.2) is 0 Å². The van der Waals surface area contributed by atoms with Crippen molar-refractivity contribution in [3.8, 4) is 0 Å². The van der Waals surface area contributed by atoms with Crippen molar-refractivity contribution >= 4 is 17.3 Å². The molecule has 0 spiro atoms.